The standard InChI is InChI=1S/C14H12N4O2/c19-13(9-10-5-8-20-16-10)18-7-6-17-12-4-2-1-3-11(12)15-14(17)18/h1-5,8H,6-7,9H2. The largest absolute Gasteiger partial charge is 0.364 e. The molecule has 0 fully saturated rings. The average Bonchev–Trinajstić information content (AvgIpc) is 3.13. The van der Waals surface area contributed by atoms with Crippen LogP contribution < -0.4 is 4.90 Å². The first-order valence-electron chi connectivity index (χ1n) is 6.48. The lowest BCUT2D eigenvalue weighted by atomic mass is 10.3. The molecule has 1 amide bonds. The van der Waals surface area contributed by atoms with Crippen molar-refractivity contribution in [3.8, 4) is 0 Å². The van der Waals surface area contributed by atoms with Gasteiger partial charge in [-0.05, 0) is 12.1 Å². The zero-order chi connectivity index (χ0) is 13.5. The first kappa shape index (κ1) is 11.2. The van der Waals surface area contributed by atoms with Gasteiger partial charge < -0.3 is 9.09 Å². The maximum Gasteiger partial charge on any atom is 0.235 e. The molecule has 6 nitrogen and oxygen atoms in total. The van der Waals surface area contributed by atoms with Crippen molar-refractivity contribution >= 4 is 22.9 Å². The molecule has 0 saturated heterocycles. The third-order valence-corrected chi connectivity index (χ3v) is 3.55. The summed E-state index contributed by atoms with van der Waals surface area (Å²) in [5.41, 5.74) is 2.63. The molecule has 1 aliphatic rings. The lowest BCUT2D eigenvalue weighted by molar-refractivity contribution is -0.118. The molecule has 1 aromatic carbocycles. The number of hydrogen-bond acceptors (Lipinski definition) is 4. The van der Waals surface area contributed by atoms with Crippen LogP contribution in [0, 0.1) is 0 Å². The summed E-state index contributed by atoms with van der Waals surface area (Å²) < 4.78 is 6.83. The smallest absolute Gasteiger partial charge is 0.235 e. The van der Waals surface area contributed by atoms with Gasteiger partial charge in [0.2, 0.25) is 11.9 Å². The number of nitrogens with zero attached hydrogens (tertiary/aromatic N) is 4. The number of anilines is 1. The van der Waals surface area contributed by atoms with E-state index < -0.39 is 0 Å². The molecule has 20 heavy (non-hydrogen) atoms. The average molecular weight is 268 g/mol. The lowest BCUT2D eigenvalue weighted by Gasteiger charge is -2.12. The molecule has 100 valence electrons. The fourth-order valence-electron chi connectivity index (χ4n) is 2.60. The first-order chi connectivity index (χ1) is 9.83. The van der Waals surface area contributed by atoms with Crippen molar-refractivity contribution in [1.82, 2.24) is 14.7 Å². The monoisotopic (exact) mass is 268 g/mol. The molecular formula is C14H12N4O2. The fourth-order valence-corrected chi connectivity index (χ4v) is 2.60. The van der Waals surface area contributed by atoms with E-state index in [4.69, 9.17) is 4.52 Å². The molecule has 0 saturated carbocycles. The Hall–Kier alpha value is -2.63. The summed E-state index contributed by atoms with van der Waals surface area (Å²) in [6.45, 7) is 1.43. The maximum absolute atomic E-state index is 12.3. The SMILES string of the molecule is O=C(Cc1ccon1)N1CCn2c1nc1ccccc12. The third kappa shape index (κ3) is 1.61. The summed E-state index contributed by atoms with van der Waals surface area (Å²) in [4.78, 5) is 18.6. The van der Waals surface area contributed by atoms with Crippen LogP contribution in [0.1, 0.15) is 5.69 Å². The van der Waals surface area contributed by atoms with Gasteiger partial charge in [-0.25, -0.2) is 4.98 Å². The van der Waals surface area contributed by atoms with Crippen molar-refractivity contribution in [2.24, 2.45) is 0 Å². The number of hydrogen-bond donors (Lipinski definition) is 0. The van der Waals surface area contributed by atoms with E-state index in [9.17, 15) is 4.79 Å². The van der Waals surface area contributed by atoms with Crippen LogP contribution in [0.2, 0.25) is 0 Å². The van der Waals surface area contributed by atoms with Crippen molar-refractivity contribution in [2.45, 2.75) is 13.0 Å². The molecule has 0 spiro atoms. The van der Waals surface area contributed by atoms with Gasteiger partial charge in [-0.15, -0.1) is 0 Å². The van der Waals surface area contributed by atoms with Gasteiger partial charge in [0.05, 0.1) is 23.1 Å². The molecule has 2 aromatic heterocycles. The zero-order valence-electron chi connectivity index (χ0n) is 10.7. The van der Waals surface area contributed by atoms with Crippen LogP contribution in [0.25, 0.3) is 11.0 Å². The second-order valence-corrected chi connectivity index (χ2v) is 4.77. The van der Waals surface area contributed by atoms with Crippen LogP contribution in [0.5, 0.6) is 0 Å². The number of carbonyl (C=O) groups excluding carboxylic acids is 1. The van der Waals surface area contributed by atoms with Gasteiger partial charge >= 0.3 is 0 Å². The molecule has 4 rings (SSSR count). The van der Waals surface area contributed by atoms with Gasteiger partial charge in [0.1, 0.15) is 6.26 Å². The van der Waals surface area contributed by atoms with E-state index >= 15 is 0 Å². The Morgan fingerprint density at radius 3 is 3.00 bits per heavy atom. The highest BCUT2D eigenvalue weighted by Gasteiger charge is 2.28. The summed E-state index contributed by atoms with van der Waals surface area (Å²) >= 11 is 0. The number of benzene rings is 1. The van der Waals surface area contributed by atoms with Gasteiger partial charge in [-0.2, -0.15) is 0 Å². The summed E-state index contributed by atoms with van der Waals surface area (Å²) in [5, 5.41) is 3.78. The summed E-state index contributed by atoms with van der Waals surface area (Å²) in [7, 11) is 0. The van der Waals surface area contributed by atoms with Crippen LogP contribution in [-0.2, 0) is 17.8 Å². The fraction of sp³-hybridized carbons (Fsp3) is 0.214. The van der Waals surface area contributed by atoms with E-state index in [1.165, 1.54) is 6.26 Å². The van der Waals surface area contributed by atoms with Crippen LogP contribution >= 0.6 is 0 Å². The quantitative estimate of drug-likeness (QED) is 0.708. The van der Waals surface area contributed by atoms with Crippen molar-refractivity contribution in [3.63, 3.8) is 0 Å². The second kappa shape index (κ2) is 4.19. The molecule has 6 heteroatoms. The van der Waals surface area contributed by atoms with Gasteiger partial charge in [0, 0.05) is 19.2 Å². The highest BCUT2D eigenvalue weighted by Crippen LogP contribution is 2.27. The van der Waals surface area contributed by atoms with Gasteiger partial charge in [0.15, 0.2) is 0 Å². The normalized spacial score (nSPS) is 13.9. The molecule has 3 aromatic rings. The topological polar surface area (TPSA) is 64.2 Å². The molecular weight excluding hydrogens is 256 g/mol. The van der Waals surface area contributed by atoms with Gasteiger partial charge in [-0.3, -0.25) is 9.69 Å². The zero-order valence-corrected chi connectivity index (χ0v) is 10.7. The Labute approximate surface area is 114 Å². The van der Waals surface area contributed by atoms with E-state index in [-0.39, 0.29) is 12.3 Å². The number of fused-ring (bicyclic) bond motifs is 3. The molecule has 3 heterocycles. The van der Waals surface area contributed by atoms with Crippen LogP contribution in [0.4, 0.5) is 5.95 Å². The van der Waals surface area contributed by atoms with E-state index in [0.717, 1.165) is 23.5 Å². The Kier molecular flexibility index (Phi) is 2.35. The molecule has 0 atom stereocenters. The van der Waals surface area contributed by atoms with E-state index in [2.05, 4.69) is 14.7 Å². The molecule has 0 aliphatic carbocycles. The molecule has 0 N–H and O–H groups in total. The molecule has 1 aliphatic heterocycles. The van der Waals surface area contributed by atoms with E-state index in [1.807, 2.05) is 24.3 Å². The second-order valence-electron chi connectivity index (χ2n) is 4.77. The maximum atomic E-state index is 12.3. The number of rotatable bonds is 2. The van der Waals surface area contributed by atoms with Crippen LogP contribution in [-0.4, -0.2) is 27.2 Å². The Morgan fingerprint density at radius 1 is 1.25 bits per heavy atom. The van der Waals surface area contributed by atoms with Crippen molar-refractivity contribution in [3.05, 3.63) is 42.3 Å². The Bertz CT molecular complexity index is 776. The van der Waals surface area contributed by atoms with Crippen molar-refractivity contribution in [2.75, 3.05) is 11.4 Å². The molecule has 0 radical (unpaired) electrons. The number of aromatic nitrogens is 3. The lowest BCUT2D eigenvalue weighted by Crippen LogP contribution is -2.30. The molecule has 0 unspecified atom stereocenters. The van der Waals surface area contributed by atoms with Gasteiger partial charge in [0.25, 0.3) is 0 Å². The first-order valence-corrected chi connectivity index (χ1v) is 6.48. The minimum absolute atomic E-state index is 0.00652. The highest BCUT2D eigenvalue weighted by molar-refractivity contribution is 5.95. The minimum atomic E-state index is -0.00652. The van der Waals surface area contributed by atoms with E-state index in [0.29, 0.717) is 12.2 Å². The minimum Gasteiger partial charge on any atom is -0.364 e. The number of imidazole rings is 1. The summed E-state index contributed by atoms with van der Waals surface area (Å²) in [6.07, 6.45) is 1.71. The number of carbonyl (C=O) groups is 1. The van der Waals surface area contributed by atoms with Crippen molar-refractivity contribution in [1.29, 1.82) is 0 Å². The number of amides is 1. The predicted octanol–water partition coefficient (Wildman–Crippen LogP) is 1.61. The summed E-state index contributed by atoms with van der Waals surface area (Å²) in [5.74, 6) is 0.715. The molecule has 0 bridgehead atoms. The van der Waals surface area contributed by atoms with Crippen molar-refractivity contribution < 1.29 is 9.32 Å². The van der Waals surface area contributed by atoms with Crippen LogP contribution in [0.15, 0.2) is 41.1 Å². The summed E-state index contributed by atoms with van der Waals surface area (Å²) in [6, 6.07) is 9.62. The van der Waals surface area contributed by atoms with E-state index in [1.54, 1.807) is 11.0 Å². The Balaban J connectivity index is 1.68. The van der Waals surface area contributed by atoms with Gasteiger partial charge in [-0.1, -0.05) is 17.3 Å². The van der Waals surface area contributed by atoms with Crippen LogP contribution in [0.3, 0.4) is 0 Å². The predicted molar refractivity (Wildman–Crippen MR) is 72.3 cm³/mol. The highest BCUT2D eigenvalue weighted by atomic mass is 16.5. The third-order valence-electron chi connectivity index (χ3n) is 3.55. The number of para-hydroxylation sites is 2. The Morgan fingerprint density at radius 2 is 2.15 bits per heavy atom.